The maximum absolute atomic E-state index is 8.85. The molecular formula is C13H28O. The molecule has 0 aromatic carbocycles. The van der Waals surface area contributed by atoms with Crippen molar-refractivity contribution in [1.29, 1.82) is 0 Å². The van der Waals surface area contributed by atoms with Gasteiger partial charge in [-0.3, -0.25) is 0 Å². The Morgan fingerprint density at radius 2 is 1.86 bits per heavy atom. The van der Waals surface area contributed by atoms with Crippen molar-refractivity contribution in [2.24, 2.45) is 11.3 Å². The third-order valence-corrected chi connectivity index (χ3v) is 2.98. The summed E-state index contributed by atoms with van der Waals surface area (Å²) < 4.78 is 0. The molecule has 86 valence electrons. The first-order chi connectivity index (χ1) is 6.52. The number of hydrogen-bond donors (Lipinski definition) is 1. The lowest BCUT2D eigenvalue weighted by molar-refractivity contribution is 0.205. The average Bonchev–Trinajstić information content (AvgIpc) is 2.03. The van der Waals surface area contributed by atoms with Gasteiger partial charge in [-0.1, -0.05) is 47.0 Å². The van der Waals surface area contributed by atoms with Crippen LogP contribution in [0.1, 0.15) is 66.2 Å². The van der Waals surface area contributed by atoms with Gasteiger partial charge in [0.2, 0.25) is 0 Å². The molecule has 0 heterocycles. The molecule has 0 bridgehead atoms. The van der Waals surface area contributed by atoms with E-state index in [4.69, 9.17) is 5.11 Å². The first-order valence-electron chi connectivity index (χ1n) is 6.12. The fourth-order valence-electron chi connectivity index (χ4n) is 2.22. The summed E-state index contributed by atoms with van der Waals surface area (Å²) in [7, 11) is 0. The molecule has 1 unspecified atom stereocenters. The van der Waals surface area contributed by atoms with Crippen LogP contribution in [0, 0.1) is 11.3 Å². The van der Waals surface area contributed by atoms with Crippen LogP contribution in [0.3, 0.4) is 0 Å². The van der Waals surface area contributed by atoms with Crippen molar-refractivity contribution in [3.63, 3.8) is 0 Å². The minimum Gasteiger partial charge on any atom is -0.396 e. The van der Waals surface area contributed by atoms with E-state index in [0.717, 1.165) is 6.42 Å². The summed E-state index contributed by atoms with van der Waals surface area (Å²) >= 11 is 0. The minimum atomic E-state index is 0.339. The van der Waals surface area contributed by atoms with Crippen LogP contribution in [0.2, 0.25) is 0 Å². The Hall–Kier alpha value is -0.0400. The van der Waals surface area contributed by atoms with Crippen LogP contribution < -0.4 is 0 Å². The van der Waals surface area contributed by atoms with E-state index in [2.05, 4.69) is 27.7 Å². The number of aliphatic hydroxyl groups excluding tert-OH is 1. The Morgan fingerprint density at radius 1 is 1.21 bits per heavy atom. The minimum absolute atomic E-state index is 0.339. The van der Waals surface area contributed by atoms with Gasteiger partial charge in [0.1, 0.15) is 0 Å². The largest absolute Gasteiger partial charge is 0.396 e. The molecule has 0 saturated carbocycles. The van der Waals surface area contributed by atoms with E-state index in [1.165, 1.54) is 32.1 Å². The molecular weight excluding hydrogens is 172 g/mol. The fraction of sp³-hybridized carbons (Fsp3) is 1.00. The van der Waals surface area contributed by atoms with E-state index in [-0.39, 0.29) is 0 Å². The van der Waals surface area contributed by atoms with Gasteiger partial charge in [0, 0.05) is 6.61 Å². The predicted molar refractivity (Wildman–Crippen MR) is 63.4 cm³/mol. The molecule has 0 aliphatic heterocycles. The van der Waals surface area contributed by atoms with Gasteiger partial charge in [0.15, 0.2) is 0 Å². The van der Waals surface area contributed by atoms with Crippen LogP contribution in [-0.4, -0.2) is 11.7 Å². The molecule has 0 fully saturated rings. The van der Waals surface area contributed by atoms with E-state index >= 15 is 0 Å². The third kappa shape index (κ3) is 7.37. The molecule has 14 heavy (non-hydrogen) atoms. The molecule has 1 atom stereocenters. The summed E-state index contributed by atoms with van der Waals surface area (Å²) in [6.45, 7) is 9.55. The Kier molecular flexibility index (Phi) is 7.26. The zero-order valence-corrected chi connectivity index (χ0v) is 10.5. The lowest BCUT2D eigenvalue weighted by Crippen LogP contribution is -2.16. The molecule has 0 radical (unpaired) electrons. The molecule has 0 aliphatic rings. The first kappa shape index (κ1) is 14.0. The maximum atomic E-state index is 8.85. The average molecular weight is 200 g/mol. The van der Waals surface area contributed by atoms with E-state index in [9.17, 15) is 0 Å². The molecule has 0 saturated heterocycles. The number of unbranched alkanes of at least 4 members (excludes halogenated alkanes) is 2. The normalized spacial score (nSPS) is 14.4. The van der Waals surface area contributed by atoms with Crippen LogP contribution in [0.4, 0.5) is 0 Å². The predicted octanol–water partition coefficient (Wildman–Crippen LogP) is 4.00. The second-order valence-electron chi connectivity index (χ2n) is 5.44. The molecule has 1 nitrogen and oxygen atoms in total. The SMILES string of the molecule is CCCCCC(C)(C)CC(C)CCO. The number of rotatable bonds is 8. The molecule has 1 N–H and O–H groups in total. The van der Waals surface area contributed by atoms with Crippen LogP contribution in [-0.2, 0) is 0 Å². The standard InChI is InChI=1S/C13H28O/c1-5-6-7-9-13(3,4)11-12(2)8-10-14/h12,14H,5-11H2,1-4H3. The van der Waals surface area contributed by atoms with Gasteiger partial charge in [0.05, 0.1) is 0 Å². The van der Waals surface area contributed by atoms with Crippen molar-refractivity contribution < 1.29 is 5.11 Å². The highest BCUT2D eigenvalue weighted by Crippen LogP contribution is 2.32. The van der Waals surface area contributed by atoms with Gasteiger partial charge in [-0.15, -0.1) is 0 Å². The van der Waals surface area contributed by atoms with E-state index in [1.807, 2.05) is 0 Å². The summed E-state index contributed by atoms with van der Waals surface area (Å²) in [6.07, 6.45) is 7.56. The summed E-state index contributed by atoms with van der Waals surface area (Å²) in [6, 6.07) is 0. The Bertz CT molecular complexity index is 129. The lowest BCUT2D eigenvalue weighted by atomic mass is 9.78. The highest BCUT2D eigenvalue weighted by atomic mass is 16.3. The topological polar surface area (TPSA) is 20.2 Å². The molecule has 0 aromatic heterocycles. The van der Waals surface area contributed by atoms with E-state index in [0.29, 0.717) is 17.9 Å². The summed E-state index contributed by atoms with van der Waals surface area (Å²) in [4.78, 5) is 0. The van der Waals surface area contributed by atoms with Crippen molar-refractivity contribution in [3.8, 4) is 0 Å². The van der Waals surface area contributed by atoms with E-state index < -0.39 is 0 Å². The molecule has 0 spiro atoms. The monoisotopic (exact) mass is 200 g/mol. The van der Waals surface area contributed by atoms with Gasteiger partial charge in [-0.25, -0.2) is 0 Å². The first-order valence-corrected chi connectivity index (χ1v) is 6.12. The van der Waals surface area contributed by atoms with Crippen molar-refractivity contribution in [2.75, 3.05) is 6.61 Å². The summed E-state index contributed by atoms with van der Waals surface area (Å²) in [5.74, 6) is 0.664. The second-order valence-corrected chi connectivity index (χ2v) is 5.44. The van der Waals surface area contributed by atoms with E-state index in [1.54, 1.807) is 0 Å². The van der Waals surface area contributed by atoms with Gasteiger partial charge >= 0.3 is 0 Å². The maximum Gasteiger partial charge on any atom is 0.0433 e. The van der Waals surface area contributed by atoms with Crippen molar-refractivity contribution in [3.05, 3.63) is 0 Å². The quantitative estimate of drug-likeness (QED) is 0.587. The molecule has 0 aliphatic carbocycles. The van der Waals surface area contributed by atoms with Gasteiger partial charge in [0.25, 0.3) is 0 Å². The van der Waals surface area contributed by atoms with Crippen LogP contribution in [0.5, 0.6) is 0 Å². The van der Waals surface area contributed by atoms with Crippen LogP contribution in [0.15, 0.2) is 0 Å². The van der Waals surface area contributed by atoms with Gasteiger partial charge in [-0.05, 0) is 30.6 Å². The van der Waals surface area contributed by atoms with Crippen LogP contribution >= 0.6 is 0 Å². The Balaban J connectivity index is 3.69. The fourth-order valence-corrected chi connectivity index (χ4v) is 2.22. The van der Waals surface area contributed by atoms with Crippen LogP contribution in [0.25, 0.3) is 0 Å². The van der Waals surface area contributed by atoms with Crippen molar-refractivity contribution in [2.45, 2.75) is 66.2 Å². The summed E-state index contributed by atoms with van der Waals surface area (Å²) in [5.41, 5.74) is 0.462. The lowest BCUT2D eigenvalue weighted by Gasteiger charge is -2.28. The highest BCUT2D eigenvalue weighted by molar-refractivity contribution is 4.71. The Labute approximate surface area is 89.9 Å². The zero-order chi connectivity index (χ0) is 11.0. The number of hydrogen-bond acceptors (Lipinski definition) is 1. The second kappa shape index (κ2) is 7.28. The van der Waals surface area contributed by atoms with Gasteiger partial charge in [-0.2, -0.15) is 0 Å². The zero-order valence-electron chi connectivity index (χ0n) is 10.5. The molecule has 0 amide bonds. The van der Waals surface area contributed by atoms with Gasteiger partial charge < -0.3 is 5.11 Å². The third-order valence-electron chi connectivity index (χ3n) is 2.98. The van der Waals surface area contributed by atoms with Crippen molar-refractivity contribution in [1.82, 2.24) is 0 Å². The molecule has 0 aromatic rings. The molecule has 1 heteroatoms. The number of aliphatic hydroxyl groups is 1. The molecule has 0 rings (SSSR count). The van der Waals surface area contributed by atoms with Crippen molar-refractivity contribution >= 4 is 0 Å². The smallest absolute Gasteiger partial charge is 0.0433 e. The Morgan fingerprint density at radius 3 is 2.36 bits per heavy atom. The highest BCUT2D eigenvalue weighted by Gasteiger charge is 2.20. The summed E-state index contributed by atoms with van der Waals surface area (Å²) in [5, 5.41) is 8.85.